The summed E-state index contributed by atoms with van der Waals surface area (Å²) in [6, 6.07) is 18.0. The Morgan fingerprint density at radius 1 is 1.10 bits per heavy atom. The minimum absolute atomic E-state index is 0.149. The molecule has 2 N–H and O–H groups in total. The van der Waals surface area contributed by atoms with Crippen LogP contribution in [0.15, 0.2) is 54.6 Å². The maximum absolute atomic E-state index is 12.1. The number of nitrogens with zero attached hydrogens (tertiary/aromatic N) is 1. The number of carbonyl (C=O) groups is 1. The van der Waals surface area contributed by atoms with Crippen molar-refractivity contribution < 1.29 is 4.79 Å². The highest BCUT2D eigenvalue weighted by Gasteiger charge is 2.12. The van der Waals surface area contributed by atoms with Gasteiger partial charge in [0.05, 0.1) is 11.6 Å². The molecule has 4 nitrogen and oxygen atoms in total. The predicted molar refractivity (Wildman–Crippen MR) is 79.3 cm³/mol. The number of benzene rings is 2. The fraction of sp³-hybridized carbons (Fsp3) is 0.125. The topological polar surface area (TPSA) is 64.9 Å². The molecule has 2 aromatic rings. The van der Waals surface area contributed by atoms with Crippen LogP contribution in [0.4, 0.5) is 11.4 Å². The molecule has 100 valence electrons. The van der Waals surface area contributed by atoms with Crippen LogP contribution in [0.1, 0.15) is 12.5 Å². The van der Waals surface area contributed by atoms with Crippen LogP contribution in [0.25, 0.3) is 0 Å². The van der Waals surface area contributed by atoms with Crippen LogP contribution in [0.3, 0.4) is 0 Å². The molecular weight excluding hydrogens is 250 g/mol. The van der Waals surface area contributed by atoms with Gasteiger partial charge in [0, 0.05) is 11.4 Å². The fourth-order valence-electron chi connectivity index (χ4n) is 1.77. The molecule has 0 heterocycles. The monoisotopic (exact) mass is 265 g/mol. The number of nitrogens with one attached hydrogen (secondary N) is 2. The van der Waals surface area contributed by atoms with Gasteiger partial charge in [-0.05, 0) is 37.3 Å². The number of anilines is 2. The van der Waals surface area contributed by atoms with E-state index in [0.717, 1.165) is 5.69 Å². The Balaban J connectivity index is 1.99. The average molecular weight is 265 g/mol. The number of amides is 1. The second-order valence-corrected chi connectivity index (χ2v) is 4.41. The second kappa shape index (κ2) is 6.39. The summed E-state index contributed by atoms with van der Waals surface area (Å²) in [7, 11) is 0. The van der Waals surface area contributed by atoms with Crippen molar-refractivity contribution >= 4 is 17.3 Å². The summed E-state index contributed by atoms with van der Waals surface area (Å²) in [5.74, 6) is -0.149. The molecule has 0 saturated carbocycles. The first-order valence-electron chi connectivity index (χ1n) is 6.31. The van der Waals surface area contributed by atoms with E-state index in [1.165, 1.54) is 0 Å². The third kappa shape index (κ3) is 3.59. The van der Waals surface area contributed by atoms with Crippen LogP contribution < -0.4 is 10.6 Å². The number of rotatable bonds is 4. The molecule has 1 atom stereocenters. The first-order chi connectivity index (χ1) is 9.69. The molecule has 0 unspecified atom stereocenters. The fourth-order valence-corrected chi connectivity index (χ4v) is 1.77. The smallest absolute Gasteiger partial charge is 0.246 e. The van der Waals surface area contributed by atoms with Crippen LogP contribution in [-0.4, -0.2) is 11.9 Å². The summed E-state index contributed by atoms with van der Waals surface area (Å²) < 4.78 is 0. The van der Waals surface area contributed by atoms with Gasteiger partial charge in [-0.2, -0.15) is 5.26 Å². The highest BCUT2D eigenvalue weighted by molar-refractivity contribution is 5.96. The molecule has 0 aliphatic carbocycles. The Morgan fingerprint density at radius 2 is 1.80 bits per heavy atom. The zero-order valence-electron chi connectivity index (χ0n) is 11.1. The lowest BCUT2D eigenvalue weighted by Crippen LogP contribution is -2.31. The molecule has 0 bridgehead atoms. The van der Waals surface area contributed by atoms with Crippen LogP contribution in [0.2, 0.25) is 0 Å². The van der Waals surface area contributed by atoms with E-state index in [-0.39, 0.29) is 11.9 Å². The predicted octanol–water partition coefficient (Wildman–Crippen LogP) is 3.00. The molecular formula is C16H15N3O. The Labute approximate surface area is 118 Å². The Morgan fingerprint density at radius 3 is 2.50 bits per heavy atom. The quantitative estimate of drug-likeness (QED) is 0.893. The Kier molecular flexibility index (Phi) is 4.35. The van der Waals surface area contributed by atoms with Crippen LogP contribution in [0, 0.1) is 11.3 Å². The molecule has 20 heavy (non-hydrogen) atoms. The van der Waals surface area contributed by atoms with Crippen molar-refractivity contribution in [3.05, 3.63) is 60.2 Å². The van der Waals surface area contributed by atoms with Gasteiger partial charge in [0.15, 0.2) is 0 Å². The Bertz CT molecular complexity index is 632. The lowest BCUT2D eigenvalue weighted by Gasteiger charge is -2.15. The number of para-hydroxylation sites is 1. The molecule has 0 saturated heterocycles. The third-order valence-electron chi connectivity index (χ3n) is 2.81. The standard InChI is InChI=1S/C16H15N3O/c1-12(18-14-7-3-2-4-8-14)16(20)19-15-9-5-6-13(10-15)11-17/h2-10,12,18H,1H3,(H,19,20)/t12-/m1/s1. The minimum atomic E-state index is -0.372. The number of hydrogen-bond donors (Lipinski definition) is 2. The van der Waals surface area contributed by atoms with Crippen molar-refractivity contribution in [1.82, 2.24) is 0 Å². The third-order valence-corrected chi connectivity index (χ3v) is 2.81. The SMILES string of the molecule is C[C@@H](Nc1ccccc1)C(=O)Nc1cccc(C#N)c1. The van der Waals surface area contributed by atoms with E-state index in [4.69, 9.17) is 5.26 Å². The first-order valence-corrected chi connectivity index (χ1v) is 6.31. The van der Waals surface area contributed by atoms with Gasteiger partial charge in [-0.25, -0.2) is 0 Å². The molecule has 4 heteroatoms. The van der Waals surface area contributed by atoms with Gasteiger partial charge in [-0.3, -0.25) is 4.79 Å². The molecule has 0 aliphatic heterocycles. The van der Waals surface area contributed by atoms with Gasteiger partial charge >= 0.3 is 0 Å². The molecule has 0 fully saturated rings. The lowest BCUT2D eigenvalue weighted by molar-refractivity contribution is -0.116. The van der Waals surface area contributed by atoms with Gasteiger partial charge in [0.1, 0.15) is 6.04 Å². The summed E-state index contributed by atoms with van der Waals surface area (Å²) in [4.78, 5) is 12.1. The largest absolute Gasteiger partial charge is 0.374 e. The van der Waals surface area contributed by atoms with E-state index in [1.54, 1.807) is 31.2 Å². The minimum Gasteiger partial charge on any atom is -0.374 e. The van der Waals surface area contributed by atoms with Crippen molar-refractivity contribution in [2.24, 2.45) is 0 Å². The summed E-state index contributed by atoms with van der Waals surface area (Å²) in [5, 5.41) is 14.7. The van der Waals surface area contributed by atoms with Crippen molar-refractivity contribution in [3.8, 4) is 6.07 Å². The molecule has 0 aliphatic rings. The molecule has 0 radical (unpaired) electrons. The van der Waals surface area contributed by atoms with Gasteiger partial charge in [-0.15, -0.1) is 0 Å². The van der Waals surface area contributed by atoms with Gasteiger partial charge in [0.2, 0.25) is 5.91 Å². The molecule has 1 amide bonds. The second-order valence-electron chi connectivity index (χ2n) is 4.41. The number of hydrogen-bond acceptors (Lipinski definition) is 3. The molecule has 0 aromatic heterocycles. The van der Waals surface area contributed by atoms with Crippen LogP contribution >= 0.6 is 0 Å². The zero-order valence-corrected chi connectivity index (χ0v) is 11.1. The van der Waals surface area contributed by atoms with Crippen molar-refractivity contribution in [2.45, 2.75) is 13.0 Å². The van der Waals surface area contributed by atoms with Gasteiger partial charge in [0.25, 0.3) is 0 Å². The normalized spacial score (nSPS) is 11.2. The van der Waals surface area contributed by atoms with Gasteiger partial charge in [-0.1, -0.05) is 24.3 Å². The van der Waals surface area contributed by atoms with E-state index in [0.29, 0.717) is 11.3 Å². The summed E-state index contributed by atoms with van der Waals surface area (Å²) in [5.41, 5.74) is 2.03. The molecule has 0 spiro atoms. The van der Waals surface area contributed by atoms with E-state index >= 15 is 0 Å². The van der Waals surface area contributed by atoms with Crippen molar-refractivity contribution in [1.29, 1.82) is 5.26 Å². The average Bonchev–Trinajstić information content (AvgIpc) is 2.48. The maximum atomic E-state index is 12.1. The number of carbonyl (C=O) groups excluding carboxylic acids is 1. The lowest BCUT2D eigenvalue weighted by atomic mass is 10.2. The summed E-state index contributed by atoms with van der Waals surface area (Å²) in [6.07, 6.45) is 0. The highest BCUT2D eigenvalue weighted by atomic mass is 16.2. The zero-order chi connectivity index (χ0) is 14.4. The van der Waals surface area contributed by atoms with E-state index in [9.17, 15) is 4.79 Å². The van der Waals surface area contributed by atoms with Crippen molar-refractivity contribution in [2.75, 3.05) is 10.6 Å². The van der Waals surface area contributed by atoms with Gasteiger partial charge < -0.3 is 10.6 Å². The van der Waals surface area contributed by atoms with E-state index in [2.05, 4.69) is 10.6 Å². The summed E-state index contributed by atoms with van der Waals surface area (Å²) in [6.45, 7) is 1.79. The Hall–Kier alpha value is -2.80. The molecule has 2 rings (SSSR count). The number of nitriles is 1. The summed E-state index contributed by atoms with van der Waals surface area (Å²) >= 11 is 0. The van der Waals surface area contributed by atoms with Crippen LogP contribution in [-0.2, 0) is 4.79 Å². The van der Waals surface area contributed by atoms with E-state index < -0.39 is 0 Å². The maximum Gasteiger partial charge on any atom is 0.246 e. The van der Waals surface area contributed by atoms with Crippen molar-refractivity contribution in [3.63, 3.8) is 0 Å². The van der Waals surface area contributed by atoms with Crippen LogP contribution in [0.5, 0.6) is 0 Å². The molecule has 2 aromatic carbocycles. The first kappa shape index (κ1) is 13.6. The van der Waals surface area contributed by atoms with E-state index in [1.807, 2.05) is 36.4 Å². The highest BCUT2D eigenvalue weighted by Crippen LogP contribution is 2.12.